The van der Waals surface area contributed by atoms with Crippen molar-refractivity contribution in [1.82, 2.24) is 19.7 Å². The summed E-state index contributed by atoms with van der Waals surface area (Å²) in [4.78, 5) is 8.70. The highest BCUT2D eigenvalue weighted by Gasteiger charge is 2.18. The molecule has 1 aliphatic heterocycles. The van der Waals surface area contributed by atoms with Crippen molar-refractivity contribution in [2.24, 2.45) is 4.99 Å². The van der Waals surface area contributed by atoms with E-state index in [0.29, 0.717) is 6.54 Å². The van der Waals surface area contributed by atoms with E-state index in [-0.39, 0.29) is 0 Å². The summed E-state index contributed by atoms with van der Waals surface area (Å²) in [6.45, 7) is 2.75. The SMILES string of the molecule is CCCCSc1nnc2n1-c1cccnc1C=NC2. The molecular weight excluding hydrogens is 258 g/mol. The van der Waals surface area contributed by atoms with E-state index in [9.17, 15) is 0 Å². The molecule has 0 saturated carbocycles. The van der Waals surface area contributed by atoms with E-state index in [1.165, 1.54) is 12.8 Å². The van der Waals surface area contributed by atoms with E-state index in [0.717, 1.165) is 28.1 Å². The number of hydrogen-bond acceptors (Lipinski definition) is 5. The van der Waals surface area contributed by atoms with Crippen LogP contribution >= 0.6 is 11.8 Å². The van der Waals surface area contributed by atoms with Crippen LogP contribution in [-0.4, -0.2) is 31.7 Å². The molecule has 0 bridgehead atoms. The van der Waals surface area contributed by atoms with Crippen LogP contribution in [0, 0.1) is 0 Å². The van der Waals surface area contributed by atoms with Gasteiger partial charge in [0.25, 0.3) is 0 Å². The normalized spacial score (nSPS) is 12.9. The molecule has 0 spiro atoms. The third kappa shape index (κ3) is 2.40. The van der Waals surface area contributed by atoms with Crippen molar-refractivity contribution in [3.8, 4) is 5.69 Å². The second-order valence-electron chi connectivity index (χ2n) is 4.31. The smallest absolute Gasteiger partial charge is 0.195 e. The van der Waals surface area contributed by atoms with Crippen LogP contribution in [0.15, 0.2) is 28.5 Å². The third-order valence-corrected chi connectivity index (χ3v) is 3.95. The predicted octanol–water partition coefficient (Wildman–Crippen LogP) is 2.49. The molecule has 19 heavy (non-hydrogen) atoms. The minimum atomic E-state index is 0.553. The molecule has 0 saturated heterocycles. The van der Waals surface area contributed by atoms with Crippen molar-refractivity contribution in [2.75, 3.05) is 5.75 Å². The maximum absolute atomic E-state index is 4.36. The number of pyridine rings is 1. The number of thioether (sulfide) groups is 1. The Hall–Kier alpha value is -1.69. The van der Waals surface area contributed by atoms with Crippen LogP contribution in [-0.2, 0) is 6.54 Å². The van der Waals surface area contributed by atoms with Gasteiger partial charge in [-0.1, -0.05) is 25.1 Å². The Kier molecular flexibility index (Phi) is 3.59. The minimum Gasteiger partial charge on any atom is -0.283 e. The summed E-state index contributed by atoms with van der Waals surface area (Å²) in [6, 6.07) is 3.97. The van der Waals surface area contributed by atoms with Gasteiger partial charge in [-0.3, -0.25) is 14.5 Å². The molecule has 3 rings (SSSR count). The van der Waals surface area contributed by atoms with Gasteiger partial charge in [-0.2, -0.15) is 0 Å². The second-order valence-corrected chi connectivity index (χ2v) is 5.38. The van der Waals surface area contributed by atoms with E-state index >= 15 is 0 Å². The molecule has 0 atom stereocenters. The minimum absolute atomic E-state index is 0.553. The maximum atomic E-state index is 4.36. The second kappa shape index (κ2) is 5.52. The number of rotatable bonds is 4. The zero-order valence-electron chi connectivity index (χ0n) is 10.8. The van der Waals surface area contributed by atoms with Crippen LogP contribution in [0.5, 0.6) is 0 Å². The van der Waals surface area contributed by atoms with Gasteiger partial charge in [-0.15, -0.1) is 10.2 Å². The van der Waals surface area contributed by atoms with Crippen LogP contribution < -0.4 is 0 Å². The van der Waals surface area contributed by atoms with Crippen molar-refractivity contribution < 1.29 is 0 Å². The highest BCUT2D eigenvalue weighted by Crippen LogP contribution is 2.25. The molecule has 0 N–H and O–H groups in total. The van der Waals surface area contributed by atoms with Crippen LogP contribution in [0.1, 0.15) is 31.3 Å². The van der Waals surface area contributed by atoms with Crippen LogP contribution in [0.3, 0.4) is 0 Å². The molecule has 0 unspecified atom stereocenters. The van der Waals surface area contributed by atoms with Gasteiger partial charge in [0.2, 0.25) is 0 Å². The number of fused-ring (bicyclic) bond motifs is 3. The highest BCUT2D eigenvalue weighted by molar-refractivity contribution is 7.99. The van der Waals surface area contributed by atoms with E-state index < -0.39 is 0 Å². The fourth-order valence-corrected chi connectivity index (χ4v) is 3.00. The molecule has 2 aromatic rings. The van der Waals surface area contributed by atoms with E-state index in [1.807, 2.05) is 18.3 Å². The van der Waals surface area contributed by atoms with Crippen molar-refractivity contribution >= 4 is 18.0 Å². The van der Waals surface area contributed by atoms with Gasteiger partial charge in [-0.05, 0) is 18.6 Å². The van der Waals surface area contributed by atoms with Crippen molar-refractivity contribution in [2.45, 2.75) is 31.5 Å². The molecule has 98 valence electrons. The number of hydrogen-bond donors (Lipinski definition) is 0. The zero-order valence-corrected chi connectivity index (χ0v) is 11.6. The summed E-state index contributed by atoms with van der Waals surface area (Å²) < 4.78 is 2.08. The predicted molar refractivity (Wildman–Crippen MR) is 76.1 cm³/mol. The fraction of sp³-hybridized carbons (Fsp3) is 0.385. The molecule has 0 radical (unpaired) electrons. The van der Waals surface area contributed by atoms with Gasteiger partial charge in [0.05, 0.1) is 12.2 Å². The average Bonchev–Trinajstić information content (AvgIpc) is 2.74. The first-order valence-corrected chi connectivity index (χ1v) is 7.41. The Morgan fingerprint density at radius 2 is 2.32 bits per heavy atom. The largest absolute Gasteiger partial charge is 0.283 e. The molecule has 0 aromatic carbocycles. The number of aliphatic imine (C=N–C) groups is 1. The topological polar surface area (TPSA) is 56.0 Å². The van der Waals surface area contributed by atoms with Crippen LogP contribution in [0.4, 0.5) is 0 Å². The van der Waals surface area contributed by atoms with Gasteiger partial charge < -0.3 is 0 Å². The Labute approximate surface area is 116 Å². The Morgan fingerprint density at radius 1 is 1.37 bits per heavy atom. The van der Waals surface area contributed by atoms with Crippen molar-refractivity contribution in [3.63, 3.8) is 0 Å². The first-order chi connectivity index (χ1) is 9.40. The highest BCUT2D eigenvalue weighted by atomic mass is 32.2. The Bertz CT molecular complexity index is 605. The first kappa shape index (κ1) is 12.3. The molecule has 0 aliphatic carbocycles. The van der Waals surface area contributed by atoms with Gasteiger partial charge in [0.15, 0.2) is 11.0 Å². The summed E-state index contributed by atoms with van der Waals surface area (Å²) in [5.74, 6) is 1.94. The van der Waals surface area contributed by atoms with Crippen LogP contribution in [0.2, 0.25) is 0 Å². The van der Waals surface area contributed by atoms with E-state index in [4.69, 9.17) is 0 Å². The standard InChI is InChI=1S/C13H15N5S/c1-2-3-7-19-13-17-16-12-9-14-8-10-11(18(12)13)5-4-6-15-10/h4-6,8H,2-3,7,9H2,1H3. The zero-order chi connectivity index (χ0) is 13.1. The Morgan fingerprint density at radius 3 is 3.21 bits per heavy atom. The summed E-state index contributed by atoms with van der Waals surface area (Å²) in [7, 11) is 0. The lowest BCUT2D eigenvalue weighted by molar-refractivity contribution is 0.826. The lowest BCUT2D eigenvalue weighted by atomic mass is 10.3. The number of nitrogens with zero attached hydrogens (tertiary/aromatic N) is 5. The fourth-order valence-electron chi connectivity index (χ4n) is 1.96. The lowest BCUT2D eigenvalue weighted by Gasteiger charge is -2.09. The summed E-state index contributed by atoms with van der Waals surface area (Å²) in [6.07, 6.45) is 5.97. The number of unbranched alkanes of at least 4 members (excludes halogenated alkanes) is 1. The van der Waals surface area contributed by atoms with E-state index in [1.54, 1.807) is 18.0 Å². The molecule has 0 amide bonds. The molecule has 0 fully saturated rings. The van der Waals surface area contributed by atoms with Gasteiger partial charge in [-0.25, -0.2) is 0 Å². The van der Waals surface area contributed by atoms with Crippen molar-refractivity contribution in [3.05, 3.63) is 29.8 Å². The summed E-state index contributed by atoms with van der Waals surface area (Å²) in [5.41, 5.74) is 1.89. The molecule has 6 heteroatoms. The van der Waals surface area contributed by atoms with Gasteiger partial charge in [0.1, 0.15) is 5.69 Å². The first-order valence-electron chi connectivity index (χ1n) is 6.42. The quantitative estimate of drug-likeness (QED) is 0.634. The molecule has 1 aliphatic rings. The molecule has 2 aromatic heterocycles. The third-order valence-electron chi connectivity index (χ3n) is 2.93. The summed E-state index contributed by atoms with van der Waals surface area (Å²) >= 11 is 1.75. The average molecular weight is 273 g/mol. The number of aromatic nitrogens is 4. The van der Waals surface area contributed by atoms with Crippen molar-refractivity contribution in [1.29, 1.82) is 0 Å². The van der Waals surface area contributed by atoms with Crippen LogP contribution in [0.25, 0.3) is 5.69 Å². The summed E-state index contributed by atoms with van der Waals surface area (Å²) in [5, 5.41) is 9.46. The van der Waals surface area contributed by atoms with E-state index in [2.05, 4.69) is 31.7 Å². The molecule has 3 heterocycles. The van der Waals surface area contributed by atoms with Gasteiger partial charge in [0, 0.05) is 18.2 Å². The molecular formula is C13H15N5S. The Balaban J connectivity index is 2.01. The monoisotopic (exact) mass is 273 g/mol. The van der Waals surface area contributed by atoms with Gasteiger partial charge >= 0.3 is 0 Å². The molecule has 5 nitrogen and oxygen atoms in total. The maximum Gasteiger partial charge on any atom is 0.195 e. The lowest BCUT2D eigenvalue weighted by Crippen LogP contribution is -2.04.